The van der Waals surface area contributed by atoms with Gasteiger partial charge in [-0.3, -0.25) is 19.2 Å². The number of Topliss-reactive ketones (excluding diaryl/α,β-unsaturated/α-hetero) is 1. The molecule has 3 N–H and O–H groups in total. The Morgan fingerprint density at radius 1 is 0.628 bits per heavy atom. The number of amides is 1. The summed E-state index contributed by atoms with van der Waals surface area (Å²) in [5.41, 5.74) is -1.48. The summed E-state index contributed by atoms with van der Waals surface area (Å²) in [7, 11) is 0. The van der Waals surface area contributed by atoms with Crippen LogP contribution in [-0.2, 0) is 23.9 Å². The Labute approximate surface area is 262 Å². The van der Waals surface area contributed by atoms with Gasteiger partial charge in [0.05, 0.1) is 13.2 Å². The summed E-state index contributed by atoms with van der Waals surface area (Å²) in [4.78, 5) is 48.6. The molecule has 0 aliphatic carbocycles. The zero-order valence-corrected chi connectivity index (χ0v) is 28.1. The molecule has 0 saturated heterocycles. The summed E-state index contributed by atoms with van der Waals surface area (Å²) >= 11 is 0. The van der Waals surface area contributed by atoms with Crippen molar-refractivity contribution in [2.75, 3.05) is 19.8 Å². The molecule has 1 unspecified atom stereocenters. The standard InChI is InChI=1S/C35H65NO7/c1-5-6-7-8-9-11-14-17-20-24-35(33(41)42,25-21-18-15-12-10-13-16-19-22-31(38)39)32(40)36-26-28-43-27-23-30(37)29-34(2,3)4/h5-29H2,1-4H3,(H,36,40)(H,38,39)(H,41,42). The Balaban J connectivity index is 4.73. The highest BCUT2D eigenvalue weighted by Crippen LogP contribution is 2.33. The van der Waals surface area contributed by atoms with E-state index in [0.717, 1.165) is 64.2 Å². The quantitative estimate of drug-likeness (QED) is 0.0548. The van der Waals surface area contributed by atoms with E-state index >= 15 is 0 Å². The molecule has 0 aromatic rings. The molecule has 0 fully saturated rings. The van der Waals surface area contributed by atoms with Crippen LogP contribution in [0.15, 0.2) is 0 Å². The van der Waals surface area contributed by atoms with Crippen molar-refractivity contribution in [3.63, 3.8) is 0 Å². The van der Waals surface area contributed by atoms with Gasteiger partial charge in [-0.2, -0.15) is 0 Å². The molecule has 0 heterocycles. The summed E-state index contributed by atoms with van der Waals surface area (Å²) in [5, 5.41) is 21.9. The fraction of sp³-hybridized carbons (Fsp3) is 0.886. The molecule has 252 valence electrons. The average molecular weight is 612 g/mol. The van der Waals surface area contributed by atoms with E-state index in [0.29, 0.717) is 45.1 Å². The van der Waals surface area contributed by atoms with Crippen LogP contribution in [0.25, 0.3) is 0 Å². The van der Waals surface area contributed by atoms with Gasteiger partial charge in [-0.25, -0.2) is 0 Å². The maximum atomic E-state index is 13.3. The molecule has 0 aromatic carbocycles. The topological polar surface area (TPSA) is 130 Å². The zero-order valence-electron chi connectivity index (χ0n) is 28.1. The number of aliphatic carboxylic acids is 2. The van der Waals surface area contributed by atoms with Crippen molar-refractivity contribution in [3.05, 3.63) is 0 Å². The van der Waals surface area contributed by atoms with Gasteiger partial charge in [0.25, 0.3) is 0 Å². The number of rotatable bonds is 30. The number of carbonyl (C=O) groups excluding carboxylic acids is 2. The number of carboxylic acids is 2. The van der Waals surface area contributed by atoms with Gasteiger partial charge in [-0.15, -0.1) is 0 Å². The van der Waals surface area contributed by atoms with Crippen molar-refractivity contribution >= 4 is 23.6 Å². The molecule has 0 spiro atoms. The minimum Gasteiger partial charge on any atom is -0.481 e. The van der Waals surface area contributed by atoms with E-state index in [1.54, 1.807) is 0 Å². The fourth-order valence-corrected chi connectivity index (χ4v) is 5.54. The summed E-state index contributed by atoms with van der Waals surface area (Å²) in [6.45, 7) is 9.06. The van der Waals surface area contributed by atoms with Crippen LogP contribution in [-0.4, -0.2) is 53.6 Å². The first-order valence-electron chi connectivity index (χ1n) is 17.3. The predicted molar refractivity (Wildman–Crippen MR) is 173 cm³/mol. The van der Waals surface area contributed by atoms with Crippen LogP contribution < -0.4 is 5.32 Å². The Hall–Kier alpha value is -1.96. The molecular weight excluding hydrogens is 546 g/mol. The fourth-order valence-electron chi connectivity index (χ4n) is 5.54. The van der Waals surface area contributed by atoms with E-state index in [1.807, 2.05) is 20.8 Å². The monoisotopic (exact) mass is 611 g/mol. The van der Waals surface area contributed by atoms with E-state index in [2.05, 4.69) is 12.2 Å². The number of unbranched alkanes of at least 4 members (excludes halogenated alkanes) is 15. The smallest absolute Gasteiger partial charge is 0.319 e. The average Bonchev–Trinajstić information content (AvgIpc) is 2.92. The van der Waals surface area contributed by atoms with Crippen molar-refractivity contribution in [2.24, 2.45) is 10.8 Å². The van der Waals surface area contributed by atoms with Gasteiger partial charge in [0.1, 0.15) is 11.2 Å². The van der Waals surface area contributed by atoms with Crippen LogP contribution in [0.5, 0.6) is 0 Å². The lowest BCUT2D eigenvalue weighted by Crippen LogP contribution is -2.47. The van der Waals surface area contributed by atoms with E-state index in [-0.39, 0.29) is 30.8 Å². The number of ketones is 1. The lowest BCUT2D eigenvalue weighted by Gasteiger charge is -2.28. The van der Waals surface area contributed by atoms with Gasteiger partial charge in [0.2, 0.25) is 5.91 Å². The van der Waals surface area contributed by atoms with Crippen LogP contribution in [0.4, 0.5) is 0 Å². The molecule has 1 amide bonds. The Morgan fingerprint density at radius 3 is 1.53 bits per heavy atom. The second-order valence-electron chi connectivity index (χ2n) is 13.6. The largest absolute Gasteiger partial charge is 0.481 e. The lowest BCUT2D eigenvalue weighted by atomic mass is 9.76. The van der Waals surface area contributed by atoms with Crippen molar-refractivity contribution in [1.29, 1.82) is 0 Å². The van der Waals surface area contributed by atoms with E-state index in [1.165, 1.54) is 32.1 Å². The number of carboxylic acid groups (broad SMARTS) is 2. The van der Waals surface area contributed by atoms with E-state index in [9.17, 15) is 24.3 Å². The molecule has 0 aliphatic rings. The number of nitrogens with one attached hydrogen (secondary N) is 1. The summed E-state index contributed by atoms with van der Waals surface area (Å²) in [5.74, 6) is -2.06. The molecule has 0 aliphatic heterocycles. The predicted octanol–water partition coefficient (Wildman–Crippen LogP) is 8.49. The zero-order chi connectivity index (χ0) is 32.4. The number of ether oxygens (including phenoxy) is 1. The van der Waals surface area contributed by atoms with Crippen LogP contribution in [0, 0.1) is 10.8 Å². The summed E-state index contributed by atoms with van der Waals surface area (Å²) in [6, 6.07) is 0. The van der Waals surface area contributed by atoms with Crippen LogP contribution in [0.1, 0.15) is 169 Å². The highest BCUT2D eigenvalue weighted by Gasteiger charge is 2.44. The summed E-state index contributed by atoms with van der Waals surface area (Å²) in [6.07, 6.45) is 19.1. The second-order valence-corrected chi connectivity index (χ2v) is 13.6. The minimum absolute atomic E-state index is 0.0524. The lowest BCUT2D eigenvalue weighted by molar-refractivity contribution is -0.157. The van der Waals surface area contributed by atoms with E-state index in [4.69, 9.17) is 9.84 Å². The first kappa shape index (κ1) is 41.0. The molecule has 0 radical (unpaired) electrons. The second kappa shape index (κ2) is 25.4. The van der Waals surface area contributed by atoms with E-state index < -0.39 is 23.3 Å². The normalized spacial score (nSPS) is 13.0. The van der Waals surface area contributed by atoms with Crippen molar-refractivity contribution < 1.29 is 34.1 Å². The molecule has 8 nitrogen and oxygen atoms in total. The van der Waals surface area contributed by atoms with Crippen LogP contribution in [0.2, 0.25) is 0 Å². The van der Waals surface area contributed by atoms with Gasteiger partial charge < -0.3 is 20.3 Å². The minimum atomic E-state index is -1.43. The first-order valence-corrected chi connectivity index (χ1v) is 17.3. The highest BCUT2D eigenvalue weighted by atomic mass is 16.5. The van der Waals surface area contributed by atoms with Crippen LogP contribution >= 0.6 is 0 Å². The molecule has 8 heteroatoms. The third-order valence-electron chi connectivity index (χ3n) is 8.08. The third-order valence-corrected chi connectivity index (χ3v) is 8.08. The molecule has 43 heavy (non-hydrogen) atoms. The molecule has 0 aromatic heterocycles. The Kier molecular flexibility index (Phi) is 24.2. The van der Waals surface area contributed by atoms with Gasteiger partial charge in [0, 0.05) is 25.8 Å². The summed E-state index contributed by atoms with van der Waals surface area (Å²) < 4.78 is 5.56. The maximum Gasteiger partial charge on any atom is 0.319 e. The van der Waals surface area contributed by atoms with Crippen LogP contribution in [0.3, 0.4) is 0 Å². The van der Waals surface area contributed by atoms with Gasteiger partial charge in [-0.05, 0) is 24.7 Å². The third kappa shape index (κ3) is 23.1. The van der Waals surface area contributed by atoms with Crippen molar-refractivity contribution in [3.8, 4) is 0 Å². The number of carbonyl (C=O) groups is 4. The maximum absolute atomic E-state index is 13.3. The number of hydrogen-bond acceptors (Lipinski definition) is 5. The Morgan fingerprint density at radius 2 is 1.09 bits per heavy atom. The van der Waals surface area contributed by atoms with Crippen molar-refractivity contribution in [2.45, 2.75) is 169 Å². The van der Waals surface area contributed by atoms with Crippen molar-refractivity contribution in [1.82, 2.24) is 5.32 Å². The van der Waals surface area contributed by atoms with Gasteiger partial charge >= 0.3 is 11.9 Å². The highest BCUT2D eigenvalue weighted by molar-refractivity contribution is 6.01. The van der Waals surface area contributed by atoms with Gasteiger partial charge in [0.15, 0.2) is 0 Å². The first-order chi connectivity index (χ1) is 20.4. The molecule has 1 atom stereocenters. The van der Waals surface area contributed by atoms with Gasteiger partial charge in [-0.1, -0.05) is 130 Å². The molecule has 0 saturated carbocycles. The molecule has 0 rings (SSSR count). The molecular formula is C35H65NO7. The SMILES string of the molecule is CCCCCCCCCCCC(CCCCCCCCCCC(=O)O)(C(=O)O)C(=O)NCCOCCC(=O)CC(C)(C)C. The molecule has 0 bridgehead atoms. The number of hydrogen-bond donors (Lipinski definition) is 3. The Bertz CT molecular complexity index is 762.